The van der Waals surface area contributed by atoms with Crippen molar-refractivity contribution in [2.45, 2.75) is 24.1 Å². The Morgan fingerprint density at radius 3 is 2.92 bits per heavy atom. The van der Waals surface area contributed by atoms with Crippen LogP contribution in [0.4, 0.5) is 0 Å². The lowest BCUT2D eigenvalue weighted by atomic mass is 10.4. The fourth-order valence-corrected chi connectivity index (χ4v) is 2.81. The minimum absolute atomic E-state index is 0.892. The molecule has 2 nitrogen and oxygen atoms in total. The van der Waals surface area contributed by atoms with Crippen molar-refractivity contribution in [1.82, 2.24) is 9.36 Å². The second kappa shape index (κ2) is 5.94. The lowest BCUT2D eigenvalue weighted by Gasteiger charge is -1.93. The summed E-state index contributed by atoms with van der Waals surface area (Å²) in [7, 11) is 0. The average molecular weight is 267 g/mol. The van der Waals surface area contributed by atoms with Gasteiger partial charge in [0.25, 0.3) is 0 Å². The van der Waals surface area contributed by atoms with Gasteiger partial charge in [-0.1, -0.05) is 27.7 Å². The van der Waals surface area contributed by atoms with Gasteiger partial charge >= 0.3 is 0 Å². The molecule has 1 aromatic heterocycles. The van der Waals surface area contributed by atoms with E-state index in [4.69, 9.17) is 0 Å². The molecule has 12 heavy (non-hydrogen) atoms. The molecule has 1 heterocycles. The van der Waals surface area contributed by atoms with Gasteiger partial charge in [0.05, 0.1) is 0 Å². The van der Waals surface area contributed by atoms with Crippen molar-refractivity contribution in [1.29, 1.82) is 0 Å². The molecule has 5 heteroatoms. The van der Waals surface area contributed by atoms with Gasteiger partial charge in [-0.25, -0.2) is 4.98 Å². The zero-order valence-electron chi connectivity index (χ0n) is 6.92. The van der Waals surface area contributed by atoms with E-state index in [0.29, 0.717) is 0 Å². The van der Waals surface area contributed by atoms with Crippen molar-refractivity contribution in [2.75, 3.05) is 11.1 Å². The summed E-state index contributed by atoms with van der Waals surface area (Å²) >= 11 is 6.71. The fourth-order valence-electron chi connectivity index (χ4n) is 0.693. The quantitative estimate of drug-likeness (QED) is 0.465. The third-order valence-electron chi connectivity index (χ3n) is 1.26. The number of aryl methyl sites for hydroxylation is 1. The molecule has 0 aromatic carbocycles. The number of halogens is 1. The number of alkyl halides is 1. The Kier molecular flexibility index (Phi) is 5.18. The Balaban J connectivity index is 2.15. The predicted octanol–water partition coefficient (Wildman–Crippen LogP) is 3.11. The summed E-state index contributed by atoms with van der Waals surface area (Å²) in [6.45, 7) is 1.93. The maximum Gasteiger partial charge on any atom is 0.170 e. The summed E-state index contributed by atoms with van der Waals surface area (Å²) < 4.78 is 5.22. The molecule has 1 rings (SSSR count). The molecule has 0 spiro atoms. The molecule has 0 atom stereocenters. The van der Waals surface area contributed by atoms with E-state index in [9.17, 15) is 0 Å². The Labute approximate surface area is 89.5 Å². The molecule has 0 unspecified atom stereocenters. The molecule has 0 aliphatic carbocycles. The molecular weight excluding hydrogens is 256 g/mol. The van der Waals surface area contributed by atoms with Gasteiger partial charge in [-0.05, 0) is 31.3 Å². The summed E-state index contributed by atoms with van der Waals surface area (Å²) in [5, 5.41) is 1.10. The minimum atomic E-state index is 0.892. The Hall–Kier alpha value is 0.390. The molecule has 0 aliphatic heterocycles. The number of nitrogens with zero attached hydrogens (tertiary/aromatic N) is 2. The summed E-state index contributed by atoms with van der Waals surface area (Å²) in [6.07, 6.45) is 2.49. The first-order valence-corrected chi connectivity index (χ1v) is 6.70. The van der Waals surface area contributed by atoms with E-state index in [1.165, 1.54) is 24.4 Å². The highest BCUT2D eigenvalue weighted by Gasteiger charge is 1.99. The van der Waals surface area contributed by atoms with Crippen LogP contribution in [0.1, 0.15) is 18.7 Å². The minimum Gasteiger partial charge on any atom is -0.213 e. The standard InChI is InChI=1S/C7H11BrN2S2/c1-6-9-7(12-10-6)11-5-3-2-4-8/h2-5H2,1H3. The van der Waals surface area contributed by atoms with E-state index >= 15 is 0 Å². The first-order chi connectivity index (χ1) is 5.83. The van der Waals surface area contributed by atoms with Gasteiger partial charge in [-0.2, -0.15) is 4.37 Å². The van der Waals surface area contributed by atoms with Gasteiger partial charge < -0.3 is 0 Å². The Bertz CT molecular complexity index is 227. The normalized spacial score (nSPS) is 10.5. The van der Waals surface area contributed by atoms with E-state index in [1.54, 1.807) is 11.8 Å². The van der Waals surface area contributed by atoms with E-state index in [0.717, 1.165) is 21.2 Å². The van der Waals surface area contributed by atoms with Crippen LogP contribution in [0.3, 0.4) is 0 Å². The lowest BCUT2D eigenvalue weighted by Crippen LogP contribution is -1.81. The van der Waals surface area contributed by atoms with Gasteiger partial charge in [0.2, 0.25) is 0 Å². The molecule has 0 bridgehead atoms. The number of aromatic nitrogens is 2. The van der Waals surface area contributed by atoms with Crippen LogP contribution in [0.15, 0.2) is 4.34 Å². The molecule has 0 saturated carbocycles. The topological polar surface area (TPSA) is 25.8 Å². The molecule has 0 aliphatic rings. The molecule has 0 fully saturated rings. The van der Waals surface area contributed by atoms with Gasteiger partial charge in [0.1, 0.15) is 5.82 Å². The molecule has 0 saturated heterocycles. The molecular formula is C7H11BrN2S2. The summed E-state index contributed by atoms with van der Waals surface area (Å²) in [4.78, 5) is 4.27. The number of thioether (sulfide) groups is 1. The molecule has 0 N–H and O–H groups in total. The predicted molar refractivity (Wildman–Crippen MR) is 58.4 cm³/mol. The van der Waals surface area contributed by atoms with Gasteiger partial charge in [-0.15, -0.1) is 0 Å². The third-order valence-corrected chi connectivity index (χ3v) is 3.83. The fraction of sp³-hybridized carbons (Fsp3) is 0.714. The van der Waals surface area contributed by atoms with Crippen LogP contribution in [-0.4, -0.2) is 20.4 Å². The average Bonchev–Trinajstić information content (AvgIpc) is 2.45. The van der Waals surface area contributed by atoms with Gasteiger partial charge in [-0.3, -0.25) is 0 Å². The number of hydrogen-bond donors (Lipinski definition) is 0. The van der Waals surface area contributed by atoms with Crippen molar-refractivity contribution in [3.63, 3.8) is 0 Å². The summed E-state index contributed by atoms with van der Waals surface area (Å²) in [5.74, 6) is 2.04. The maximum atomic E-state index is 4.27. The highest BCUT2D eigenvalue weighted by atomic mass is 79.9. The van der Waals surface area contributed by atoms with Crippen molar-refractivity contribution >= 4 is 39.2 Å². The van der Waals surface area contributed by atoms with E-state index in [-0.39, 0.29) is 0 Å². The second-order valence-electron chi connectivity index (χ2n) is 2.35. The van der Waals surface area contributed by atoms with E-state index in [1.807, 2.05) is 6.92 Å². The molecule has 68 valence electrons. The van der Waals surface area contributed by atoms with Crippen LogP contribution in [0.2, 0.25) is 0 Å². The van der Waals surface area contributed by atoms with Crippen LogP contribution < -0.4 is 0 Å². The Morgan fingerprint density at radius 2 is 2.33 bits per heavy atom. The smallest absolute Gasteiger partial charge is 0.170 e. The lowest BCUT2D eigenvalue weighted by molar-refractivity contribution is 0.912. The monoisotopic (exact) mass is 266 g/mol. The van der Waals surface area contributed by atoms with Crippen LogP contribution in [0, 0.1) is 6.92 Å². The number of hydrogen-bond acceptors (Lipinski definition) is 4. The maximum absolute atomic E-state index is 4.27. The SMILES string of the molecule is Cc1nsc(SCCCCBr)n1. The van der Waals surface area contributed by atoms with E-state index < -0.39 is 0 Å². The van der Waals surface area contributed by atoms with Crippen LogP contribution in [0.5, 0.6) is 0 Å². The van der Waals surface area contributed by atoms with Crippen molar-refractivity contribution in [3.8, 4) is 0 Å². The highest BCUT2D eigenvalue weighted by molar-refractivity contribution is 9.09. The zero-order chi connectivity index (χ0) is 8.81. The Morgan fingerprint density at radius 1 is 1.50 bits per heavy atom. The second-order valence-corrected chi connectivity index (χ2v) is 5.24. The zero-order valence-corrected chi connectivity index (χ0v) is 10.1. The van der Waals surface area contributed by atoms with Gasteiger partial charge in [0, 0.05) is 11.1 Å². The van der Waals surface area contributed by atoms with Crippen molar-refractivity contribution < 1.29 is 0 Å². The molecule has 0 amide bonds. The first-order valence-electron chi connectivity index (χ1n) is 3.82. The van der Waals surface area contributed by atoms with Crippen molar-refractivity contribution in [3.05, 3.63) is 5.82 Å². The number of rotatable bonds is 5. The number of unbranched alkanes of at least 4 members (excludes halogenated alkanes) is 1. The molecule has 0 radical (unpaired) electrons. The van der Waals surface area contributed by atoms with E-state index in [2.05, 4.69) is 25.3 Å². The highest BCUT2D eigenvalue weighted by Crippen LogP contribution is 2.20. The van der Waals surface area contributed by atoms with Crippen molar-refractivity contribution in [2.24, 2.45) is 0 Å². The van der Waals surface area contributed by atoms with Crippen LogP contribution in [0.25, 0.3) is 0 Å². The first kappa shape index (κ1) is 10.5. The summed E-state index contributed by atoms with van der Waals surface area (Å²) in [6, 6.07) is 0. The van der Waals surface area contributed by atoms with Crippen LogP contribution in [-0.2, 0) is 0 Å². The largest absolute Gasteiger partial charge is 0.213 e. The van der Waals surface area contributed by atoms with Gasteiger partial charge in [0.15, 0.2) is 4.34 Å². The van der Waals surface area contributed by atoms with Crippen LogP contribution >= 0.6 is 39.2 Å². The molecule has 1 aromatic rings. The summed E-state index contributed by atoms with van der Waals surface area (Å²) in [5.41, 5.74) is 0. The third kappa shape index (κ3) is 3.87.